The van der Waals surface area contributed by atoms with Gasteiger partial charge in [-0.05, 0) is 68.6 Å². The minimum absolute atomic E-state index is 0.0305. The van der Waals surface area contributed by atoms with Crippen LogP contribution in [0.1, 0.15) is 54.1 Å². The van der Waals surface area contributed by atoms with Gasteiger partial charge in [-0.15, -0.1) is 0 Å². The predicted octanol–water partition coefficient (Wildman–Crippen LogP) is 3.86. The van der Waals surface area contributed by atoms with E-state index in [4.69, 9.17) is 10.2 Å². The summed E-state index contributed by atoms with van der Waals surface area (Å²) in [5.41, 5.74) is 3.83. The summed E-state index contributed by atoms with van der Waals surface area (Å²) in [4.78, 5) is 36.2. The number of nitriles is 1. The highest BCUT2D eigenvalue weighted by Crippen LogP contribution is 2.54. The van der Waals surface area contributed by atoms with Crippen LogP contribution in [0.4, 0.5) is 11.6 Å². The number of nitrogens with zero attached hydrogens (tertiary/aromatic N) is 6. The van der Waals surface area contributed by atoms with Crippen LogP contribution in [0.5, 0.6) is 0 Å². The van der Waals surface area contributed by atoms with Gasteiger partial charge in [0.2, 0.25) is 11.9 Å². The second-order valence-electron chi connectivity index (χ2n) is 10.9. The molecule has 2 saturated carbocycles. The summed E-state index contributed by atoms with van der Waals surface area (Å²) in [6.07, 6.45) is 11.0. The Morgan fingerprint density at radius 1 is 1.10 bits per heavy atom. The van der Waals surface area contributed by atoms with Crippen LogP contribution in [0.25, 0.3) is 11.3 Å². The average molecular weight is 525 g/mol. The lowest BCUT2D eigenvalue weighted by Crippen LogP contribution is -2.53. The first-order valence-corrected chi connectivity index (χ1v) is 13.7. The molecule has 10 heteroatoms. The van der Waals surface area contributed by atoms with Crippen LogP contribution in [-0.2, 0) is 4.79 Å². The van der Waals surface area contributed by atoms with E-state index in [0.717, 1.165) is 60.8 Å². The number of anilines is 2. The highest BCUT2D eigenvalue weighted by atomic mass is 16.2. The minimum Gasteiger partial charge on any atom is -0.342 e. The van der Waals surface area contributed by atoms with E-state index in [2.05, 4.69) is 25.6 Å². The summed E-state index contributed by atoms with van der Waals surface area (Å²) < 4.78 is 1.99. The molecule has 2 aliphatic carbocycles. The number of hydrogen-bond donors (Lipinski definition) is 2. The first-order chi connectivity index (χ1) is 19.0. The van der Waals surface area contributed by atoms with Gasteiger partial charge < -0.3 is 15.5 Å². The lowest BCUT2D eigenvalue weighted by molar-refractivity contribution is -0.152. The summed E-state index contributed by atoms with van der Waals surface area (Å²) in [6, 6.07) is 9.28. The maximum absolute atomic E-state index is 12.9. The fourth-order valence-corrected chi connectivity index (χ4v) is 6.12. The molecule has 3 aromatic rings. The summed E-state index contributed by atoms with van der Waals surface area (Å²) in [6.45, 7) is 3.50. The van der Waals surface area contributed by atoms with Crippen LogP contribution < -0.4 is 10.6 Å². The Morgan fingerprint density at radius 3 is 2.56 bits per heavy atom. The number of aryl methyl sites for hydroxylation is 1. The minimum atomic E-state index is -0.288. The smallest absolute Gasteiger partial charge is 0.252 e. The van der Waals surface area contributed by atoms with Crippen molar-refractivity contribution >= 4 is 23.5 Å². The van der Waals surface area contributed by atoms with Crippen molar-refractivity contribution < 1.29 is 9.59 Å². The summed E-state index contributed by atoms with van der Waals surface area (Å²) in [5, 5.41) is 19.0. The number of nitrogens with one attached hydrogen (secondary N) is 2. The Labute approximate surface area is 227 Å². The van der Waals surface area contributed by atoms with Crippen molar-refractivity contribution in [2.24, 2.45) is 17.8 Å². The van der Waals surface area contributed by atoms with Gasteiger partial charge in [-0.3, -0.25) is 14.3 Å². The molecule has 2 amide bonds. The number of fused-ring (bicyclic) bond motifs is 1. The molecule has 3 fully saturated rings. The molecule has 39 heavy (non-hydrogen) atoms. The Balaban J connectivity index is 1.07. The number of amides is 2. The standard InChI is InChI=1S/C29H32N8O2/c1-18-15-32-29(35-26(18)19-2-4-20(5-3-19)27(38)31-11-10-30)34-22-16-33-37(17-22)23-8-12-36(13-9-23)28(39)25-14-21-6-7-24(21)25/h2-5,15-17,21,23-25H,6-9,11-14H2,1H3,(H,31,38)(H,32,34,35). The molecule has 0 spiro atoms. The van der Waals surface area contributed by atoms with E-state index in [1.54, 1.807) is 24.5 Å². The van der Waals surface area contributed by atoms with Gasteiger partial charge in [0, 0.05) is 42.5 Å². The molecular formula is C29H32N8O2. The Bertz CT molecular complexity index is 1420. The molecular weight excluding hydrogens is 492 g/mol. The number of carbonyl (C=O) groups excluding carboxylic acids is 2. The van der Waals surface area contributed by atoms with E-state index in [-0.39, 0.29) is 24.4 Å². The van der Waals surface area contributed by atoms with E-state index < -0.39 is 0 Å². The van der Waals surface area contributed by atoms with Crippen LogP contribution >= 0.6 is 0 Å². The second kappa shape index (κ2) is 10.5. The highest BCUT2D eigenvalue weighted by molar-refractivity contribution is 5.94. The lowest BCUT2D eigenvalue weighted by Gasteiger charge is -2.53. The van der Waals surface area contributed by atoms with Crippen molar-refractivity contribution in [3.8, 4) is 17.3 Å². The molecule has 3 atom stereocenters. The van der Waals surface area contributed by atoms with Gasteiger partial charge in [0.25, 0.3) is 5.91 Å². The fraction of sp³-hybridized carbons (Fsp3) is 0.448. The maximum Gasteiger partial charge on any atom is 0.252 e. The van der Waals surface area contributed by atoms with Crippen LogP contribution in [0.15, 0.2) is 42.9 Å². The second-order valence-corrected chi connectivity index (χ2v) is 10.9. The number of rotatable bonds is 7. The van der Waals surface area contributed by atoms with Crippen molar-refractivity contribution in [1.29, 1.82) is 5.26 Å². The third-order valence-electron chi connectivity index (χ3n) is 8.60. The highest BCUT2D eigenvalue weighted by Gasteiger charge is 2.51. The molecule has 1 aromatic carbocycles. The molecule has 2 aromatic heterocycles. The van der Waals surface area contributed by atoms with Crippen molar-refractivity contribution in [1.82, 2.24) is 30.0 Å². The summed E-state index contributed by atoms with van der Waals surface area (Å²) in [5.74, 6) is 2.33. The van der Waals surface area contributed by atoms with E-state index in [1.165, 1.54) is 12.8 Å². The summed E-state index contributed by atoms with van der Waals surface area (Å²) in [7, 11) is 0. The molecule has 2 N–H and O–H groups in total. The monoisotopic (exact) mass is 524 g/mol. The van der Waals surface area contributed by atoms with Gasteiger partial charge in [-0.2, -0.15) is 10.4 Å². The van der Waals surface area contributed by atoms with Gasteiger partial charge >= 0.3 is 0 Å². The third-order valence-corrected chi connectivity index (χ3v) is 8.60. The zero-order valence-corrected chi connectivity index (χ0v) is 22.0. The van der Waals surface area contributed by atoms with Crippen molar-refractivity contribution in [3.05, 3.63) is 54.0 Å². The van der Waals surface area contributed by atoms with Crippen LogP contribution in [0.2, 0.25) is 0 Å². The first kappa shape index (κ1) is 25.0. The van der Waals surface area contributed by atoms with E-state index in [0.29, 0.717) is 23.3 Å². The van der Waals surface area contributed by atoms with Gasteiger partial charge in [0.1, 0.15) is 6.54 Å². The van der Waals surface area contributed by atoms with Crippen LogP contribution in [0.3, 0.4) is 0 Å². The number of likely N-dealkylation sites (tertiary alicyclic amines) is 1. The average Bonchev–Trinajstić information content (AvgIpc) is 3.42. The Morgan fingerprint density at radius 2 is 1.90 bits per heavy atom. The van der Waals surface area contributed by atoms with Crippen molar-refractivity contribution in [3.63, 3.8) is 0 Å². The molecule has 3 unspecified atom stereocenters. The zero-order chi connectivity index (χ0) is 26.9. The first-order valence-electron chi connectivity index (χ1n) is 13.7. The Hall–Kier alpha value is -4.26. The molecule has 10 nitrogen and oxygen atoms in total. The quantitative estimate of drug-likeness (QED) is 0.449. The number of carbonyl (C=O) groups is 2. The number of piperidine rings is 1. The van der Waals surface area contributed by atoms with Gasteiger partial charge in [0.15, 0.2) is 0 Å². The van der Waals surface area contributed by atoms with Crippen molar-refractivity contribution in [2.75, 3.05) is 25.0 Å². The van der Waals surface area contributed by atoms with Gasteiger partial charge in [-0.25, -0.2) is 9.97 Å². The molecule has 3 heterocycles. The molecule has 1 saturated heterocycles. The van der Waals surface area contributed by atoms with E-state index >= 15 is 0 Å². The van der Waals surface area contributed by atoms with Crippen LogP contribution in [0, 0.1) is 36.0 Å². The van der Waals surface area contributed by atoms with Crippen LogP contribution in [-0.4, -0.2) is 56.1 Å². The molecule has 3 aliphatic rings. The number of hydrogen-bond acceptors (Lipinski definition) is 7. The largest absolute Gasteiger partial charge is 0.342 e. The third kappa shape index (κ3) is 4.97. The molecule has 0 bridgehead atoms. The number of aromatic nitrogens is 4. The van der Waals surface area contributed by atoms with E-state index in [1.807, 2.05) is 36.0 Å². The molecule has 0 radical (unpaired) electrons. The SMILES string of the molecule is Cc1cnc(Nc2cnn(C3CCN(C(=O)C4CC5CCC54)CC3)c2)nc1-c1ccc(C(=O)NCC#N)cc1. The lowest BCUT2D eigenvalue weighted by atomic mass is 9.53. The number of benzene rings is 1. The van der Waals surface area contributed by atoms with E-state index in [9.17, 15) is 9.59 Å². The van der Waals surface area contributed by atoms with Crippen molar-refractivity contribution in [2.45, 2.75) is 45.1 Å². The predicted molar refractivity (Wildman–Crippen MR) is 145 cm³/mol. The zero-order valence-electron chi connectivity index (χ0n) is 22.0. The maximum atomic E-state index is 12.9. The van der Waals surface area contributed by atoms with Gasteiger partial charge in [0.05, 0.1) is 29.7 Å². The summed E-state index contributed by atoms with van der Waals surface area (Å²) >= 11 is 0. The fourth-order valence-electron chi connectivity index (χ4n) is 6.12. The van der Waals surface area contributed by atoms with Gasteiger partial charge in [-0.1, -0.05) is 12.1 Å². The molecule has 6 rings (SSSR count). The topological polar surface area (TPSA) is 129 Å². The normalized spacial score (nSPS) is 22.2. The molecule has 200 valence electrons. The Kier molecular flexibility index (Phi) is 6.73. The molecule has 1 aliphatic heterocycles.